The molecule has 1 aromatic heterocycles. The second kappa shape index (κ2) is 15.6. The average molecular weight is 635 g/mol. The molecule has 1 saturated heterocycles. The molecular weight excluding hydrogens is 600 g/mol. The maximum atomic E-state index is 12.5. The predicted octanol–water partition coefficient (Wildman–Crippen LogP) is 4.20. The Morgan fingerprint density at radius 2 is 1.71 bits per heavy atom. The van der Waals surface area contributed by atoms with Crippen LogP contribution in [0.5, 0.6) is 5.75 Å². The number of rotatable bonds is 13. The number of ether oxygens (including phenoxy) is 2. The van der Waals surface area contributed by atoms with E-state index in [1.807, 2.05) is 42.5 Å². The molecule has 2 heterocycles. The number of nitrogens with zero attached hydrogens (tertiary/aromatic N) is 4. The van der Waals surface area contributed by atoms with E-state index in [1.165, 1.54) is 11.8 Å². The molecule has 236 valence electrons. The summed E-state index contributed by atoms with van der Waals surface area (Å²) >= 11 is 1.44. The van der Waals surface area contributed by atoms with Crippen molar-refractivity contribution in [2.24, 2.45) is 0 Å². The summed E-state index contributed by atoms with van der Waals surface area (Å²) in [6.07, 6.45) is 0.631. The lowest BCUT2D eigenvalue weighted by Crippen LogP contribution is -2.31. The number of aliphatic hydroxyl groups is 1. The Bertz CT molecular complexity index is 1570. The zero-order chi connectivity index (χ0) is 31.6. The summed E-state index contributed by atoms with van der Waals surface area (Å²) in [7, 11) is 0. The van der Waals surface area contributed by atoms with E-state index < -0.39 is 12.2 Å². The molecule has 3 unspecified atom stereocenters. The number of nitrogens with one attached hydrogen (secondary N) is 2. The van der Waals surface area contributed by atoms with Gasteiger partial charge >= 0.3 is 0 Å². The number of tetrazole rings is 1. The molecule has 13 nitrogen and oxygen atoms in total. The van der Waals surface area contributed by atoms with E-state index in [2.05, 4.69) is 20.8 Å². The Hall–Kier alpha value is -4.34. The molecule has 0 radical (unpaired) electrons. The highest BCUT2D eigenvalue weighted by Gasteiger charge is 2.33. The first-order chi connectivity index (χ1) is 21.9. The topological polar surface area (TPSA) is 181 Å². The summed E-state index contributed by atoms with van der Waals surface area (Å²) in [5, 5.41) is 43.3. The number of phenolic OH excluding ortho intramolecular Hbond substituents is 1. The third-order valence-corrected chi connectivity index (χ3v) is 8.22. The van der Waals surface area contributed by atoms with Crippen molar-refractivity contribution >= 4 is 29.3 Å². The number of hydroxylamine groups is 1. The number of phenols is 1. The Balaban J connectivity index is 1.28. The lowest BCUT2D eigenvalue weighted by molar-refractivity contribution is -0.245. The first-order valence-electron chi connectivity index (χ1n) is 14.5. The smallest absolute Gasteiger partial charge is 0.243 e. The number of aliphatic hydroxyl groups excluding tert-OH is 1. The van der Waals surface area contributed by atoms with Crippen LogP contribution in [0.2, 0.25) is 0 Å². The number of carbonyl (C=O) groups excluding carboxylic acids is 2. The average Bonchev–Trinajstić information content (AvgIpc) is 3.54. The number of hydrogen-bond donors (Lipinski definition) is 5. The van der Waals surface area contributed by atoms with E-state index >= 15 is 0 Å². The van der Waals surface area contributed by atoms with E-state index in [1.54, 1.807) is 40.5 Å². The first-order valence-corrected chi connectivity index (χ1v) is 15.4. The number of aromatic nitrogens is 4. The second-order valence-electron chi connectivity index (χ2n) is 10.5. The van der Waals surface area contributed by atoms with Crippen molar-refractivity contribution in [3.63, 3.8) is 0 Å². The standard InChI is InChI=1S/C31H34N6O7S/c38-18-20-8-10-21(11-9-20)27-17-26(19-45-31-33-35-36-37(31)24-12-14-25(39)15-13-24)43-30(44-27)22-4-3-5-23(16-22)32-28(40)6-1-2-7-29(41)34-42/h3-5,8-16,26-27,30,38-39,42H,1-2,6-7,17-19H2,(H,32,40)(H,34,41). The summed E-state index contributed by atoms with van der Waals surface area (Å²) in [5.74, 6) is -0.00158. The number of hydrogen-bond acceptors (Lipinski definition) is 11. The van der Waals surface area contributed by atoms with Crippen LogP contribution in [0.3, 0.4) is 0 Å². The van der Waals surface area contributed by atoms with Gasteiger partial charge in [0.15, 0.2) is 6.29 Å². The van der Waals surface area contributed by atoms with Crippen molar-refractivity contribution in [2.75, 3.05) is 11.1 Å². The lowest BCUT2D eigenvalue weighted by Gasteiger charge is -2.36. The van der Waals surface area contributed by atoms with Crippen molar-refractivity contribution in [3.05, 3.63) is 89.5 Å². The third kappa shape index (κ3) is 8.86. The van der Waals surface area contributed by atoms with Gasteiger partial charge in [-0.2, -0.15) is 4.68 Å². The number of anilines is 1. The molecule has 2 amide bonds. The fraction of sp³-hybridized carbons (Fsp3) is 0.323. The van der Waals surface area contributed by atoms with Crippen molar-refractivity contribution in [2.45, 2.75) is 62.4 Å². The fourth-order valence-electron chi connectivity index (χ4n) is 4.83. The van der Waals surface area contributed by atoms with E-state index in [4.69, 9.17) is 14.7 Å². The fourth-order valence-corrected chi connectivity index (χ4v) is 5.74. The van der Waals surface area contributed by atoms with Gasteiger partial charge in [-0.3, -0.25) is 14.8 Å². The van der Waals surface area contributed by atoms with E-state index in [0.29, 0.717) is 41.5 Å². The van der Waals surface area contributed by atoms with E-state index in [9.17, 15) is 19.8 Å². The second-order valence-corrected chi connectivity index (χ2v) is 11.5. The predicted molar refractivity (Wildman–Crippen MR) is 163 cm³/mol. The van der Waals surface area contributed by atoms with Gasteiger partial charge in [-0.1, -0.05) is 48.2 Å². The van der Waals surface area contributed by atoms with Gasteiger partial charge in [0.05, 0.1) is 24.5 Å². The number of carbonyl (C=O) groups is 2. The molecule has 4 aromatic rings. The number of amides is 2. The largest absolute Gasteiger partial charge is 0.508 e. The van der Waals surface area contributed by atoms with Crippen molar-refractivity contribution in [1.82, 2.24) is 25.7 Å². The van der Waals surface area contributed by atoms with E-state index in [0.717, 1.165) is 16.7 Å². The molecule has 1 aliphatic heterocycles. The molecule has 1 fully saturated rings. The molecule has 0 spiro atoms. The van der Waals surface area contributed by atoms with Gasteiger partial charge in [0.25, 0.3) is 0 Å². The van der Waals surface area contributed by atoms with Crippen molar-refractivity contribution < 1.29 is 34.5 Å². The van der Waals surface area contributed by atoms with Gasteiger partial charge in [-0.05, 0) is 70.8 Å². The molecule has 0 saturated carbocycles. The van der Waals surface area contributed by atoms with Gasteiger partial charge in [0.2, 0.25) is 17.0 Å². The Morgan fingerprint density at radius 1 is 0.956 bits per heavy atom. The molecule has 3 atom stereocenters. The summed E-state index contributed by atoms with van der Waals surface area (Å²) in [4.78, 5) is 23.7. The SMILES string of the molecule is O=C(CCCCC(=O)Nc1cccc(C2OC(CSc3nnnn3-c3ccc(O)cc3)CC(c3ccc(CO)cc3)O2)c1)NO. The minimum atomic E-state index is -0.728. The molecule has 14 heteroatoms. The third-order valence-electron chi connectivity index (χ3n) is 7.17. The molecule has 0 aliphatic carbocycles. The summed E-state index contributed by atoms with van der Waals surface area (Å²) in [5.41, 5.74) is 5.36. The Kier molecular flexibility index (Phi) is 11.1. The molecule has 5 rings (SSSR count). The van der Waals surface area contributed by atoms with Crippen LogP contribution in [-0.2, 0) is 25.7 Å². The van der Waals surface area contributed by atoms with Crippen molar-refractivity contribution in [1.29, 1.82) is 0 Å². The lowest BCUT2D eigenvalue weighted by atomic mass is 10.0. The van der Waals surface area contributed by atoms with Crippen LogP contribution in [-0.4, -0.2) is 59.3 Å². The minimum Gasteiger partial charge on any atom is -0.508 e. The number of aromatic hydroxyl groups is 1. The molecule has 1 aliphatic rings. The van der Waals surface area contributed by atoms with Crippen LogP contribution >= 0.6 is 11.8 Å². The summed E-state index contributed by atoms with van der Waals surface area (Å²) in [6.45, 7) is -0.0525. The van der Waals surface area contributed by atoms with E-state index in [-0.39, 0.29) is 43.3 Å². The number of unbranched alkanes of at least 4 members (excludes halogenated alkanes) is 1. The number of thioether (sulfide) groups is 1. The molecule has 0 bridgehead atoms. The van der Waals surface area contributed by atoms with Crippen LogP contribution in [0.25, 0.3) is 5.69 Å². The molecular formula is C31H34N6O7S. The van der Waals surface area contributed by atoms with Crippen LogP contribution in [0.4, 0.5) is 5.69 Å². The quantitative estimate of drug-likeness (QED) is 0.0615. The first kappa shape index (κ1) is 32.1. The van der Waals surface area contributed by atoms with Crippen LogP contribution in [0.1, 0.15) is 61.2 Å². The van der Waals surface area contributed by atoms with Gasteiger partial charge in [0, 0.05) is 36.3 Å². The maximum absolute atomic E-state index is 12.5. The number of benzene rings is 3. The molecule has 5 N–H and O–H groups in total. The molecule has 3 aromatic carbocycles. The highest BCUT2D eigenvalue weighted by Crippen LogP contribution is 2.40. The minimum absolute atomic E-state index is 0.0525. The van der Waals surface area contributed by atoms with Gasteiger partial charge in [-0.15, -0.1) is 5.10 Å². The highest BCUT2D eigenvalue weighted by atomic mass is 32.2. The monoisotopic (exact) mass is 634 g/mol. The van der Waals surface area contributed by atoms with Gasteiger partial charge in [0.1, 0.15) is 5.75 Å². The zero-order valence-electron chi connectivity index (χ0n) is 24.3. The van der Waals surface area contributed by atoms with Crippen LogP contribution in [0, 0.1) is 0 Å². The van der Waals surface area contributed by atoms with Crippen molar-refractivity contribution in [3.8, 4) is 11.4 Å². The highest BCUT2D eigenvalue weighted by molar-refractivity contribution is 7.99. The Morgan fingerprint density at radius 3 is 2.44 bits per heavy atom. The Labute approximate surface area is 263 Å². The maximum Gasteiger partial charge on any atom is 0.243 e. The summed E-state index contributed by atoms with van der Waals surface area (Å²) < 4.78 is 14.5. The zero-order valence-corrected chi connectivity index (χ0v) is 25.1. The summed E-state index contributed by atoms with van der Waals surface area (Å²) in [6, 6.07) is 21.5. The molecule has 45 heavy (non-hydrogen) atoms. The van der Waals surface area contributed by atoms with Gasteiger partial charge in [-0.25, -0.2) is 5.48 Å². The normalized spacial score (nSPS) is 18.0. The van der Waals surface area contributed by atoms with Crippen LogP contribution in [0.15, 0.2) is 78.0 Å². The van der Waals surface area contributed by atoms with Gasteiger partial charge < -0.3 is 25.0 Å². The van der Waals surface area contributed by atoms with Crippen LogP contribution < -0.4 is 10.8 Å².